The first-order valence-corrected chi connectivity index (χ1v) is 5.13. The highest BCUT2D eigenvalue weighted by Crippen LogP contribution is 2.37. The van der Waals surface area contributed by atoms with Crippen molar-refractivity contribution >= 4 is 21.6 Å². The van der Waals surface area contributed by atoms with Crippen molar-refractivity contribution in [2.45, 2.75) is 11.8 Å². The standard InChI is InChI=1S/C5H11NS2/c1-6(2)5-3-4-7-8-5/h5H,3-4H2,1-2H3. The van der Waals surface area contributed by atoms with Gasteiger partial charge in [-0.25, -0.2) is 0 Å². The van der Waals surface area contributed by atoms with Crippen molar-refractivity contribution in [1.82, 2.24) is 4.90 Å². The summed E-state index contributed by atoms with van der Waals surface area (Å²) in [5, 5.41) is 0.778. The summed E-state index contributed by atoms with van der Waals surface area (Å²) < 4.78 is 0. The first kappa shape index (κ1) is 6.78. The molecule has 1 fully saturated rings. The molecule has 0 radical (unpaired) electrons. The van der Waals surface area contributed by atoms with Crippen LogP contribution in [0.5, 0.6) is 0 Å². The minimum absolute atomic E-state index is 0.778. The van der Waals surface area contributed by atoms with Gasteiger partial charge in [-0.05, 0) is 20.5 Å². The zero-order valence-electron chi connectivity index (χ0n) is 5.26. The highest BCUT2D eigenvalue weighted by Gasteiger charge is 2.17. The molecule has 1 aliphatic heterocycles. The van der Waals surface area contributed by atoms with Crippen molar-refractivity contribution in [1.29, 1.82) is 0 Å². The molecule has 0 aromatic heterocycles. The lowest BCUT2D eigenvalue weighted by molar-refractivity contribution is 0.381. The monoisotopic (exact) mass is 149 g/mol. The number of hydrogen-bond acceptors (Lipinski definition) is 3. The van der Waals surface area contributed by atoms with E-state index in [0.717, 1.165) is 5.37 Å². The molecule has 1 nitrogen and oxygen atoms in total. The van der Waals surface area contributed by atoms with Gasteiger partial charge < -0.3 is 0 Å². The van der Waals surface area contributed by atoms with E-state index in [1.807, 2.05) is 21.6 Å². The van der Waals surface area contributed by atoms with E-state index < -0.39 is 0 Å². The fourth-order valence-corrected chi connectivity index (χ4v) is 3.63. The predicted molar refractivity (Wildman–Crippen MR) is 42.1 cm³/mol. The van der Waals surface area contributed by atoms with Gasteiger partial charge in [0.15, 0.2) is 0 Å². The van der Waals surface area contributed by atoms with Gasteiger partial charge in [0.25, 0.3) is 0 Å². The molecule has 0 spiro atoms. The Hall–Kier alpha value is 0.660. The molecule has 3 heteroatoms. The third-order valence-corrected chi connectivity index (χ3v) is 4.20. The zero-order valence-corrected chi connectivity index (χ0v) is 6.89. The van der Waals surface area contributed by atoms with E-state index in [4.69, 9.17) is 0 Å². The summed E-state index contributed by atoms with van der Waals surface area (Å²) in [7, 11) is 8.26. The lowest BCUT2D eigenvalue weighted by Crippen LogP contribution is -2.21. The second kappa shape index (κ2) is 2.99. The number of nitrogens with zero attached hydrogens (tertiary/aromatic N) is 1. The van der Waals surface area contributed by atoms with Crippen LogP contribution >= 0.6 is 21.6 Å². The minimum atomic E-state index is 0.778. The number of rotatable bonds is 1. The maximum Gasteiger partial charge on any atom is 0.0665 e. The summed E-state index contributed by atoms with van der Waals surface area (Å²) in [5.74, 6) is 1.33. The van der Waals surface area contributed by atoms with Crippen LogP contribution in [0.1, 0.15) is 6.42 Å². The molecule has 0 aromatic rings. The smallest absolute Gasteiger partial charge is 0.0665 e. The van der Waals surface area contributed by atoms with E-state index in [-0.39, 0.29) is 0 Å². The van der Waals surface area contributed by atoms with E-state index >= 15 is 0 Å². The molecule has 1 rings (SSSR count). The second-order valence-corrected chi connectivity index (χ2v) is 4.79. The average molecular weight is 149 g/mol. The van der Waals surface area contributed by atoms with Gasteiger partial charge in [0.1, 0.15) is 0 Å². The van der Waals surface area contributed by atoms with Crippen molar-refractivity contribution in [3.05, 3.63) is 0 Å². The molecule has 1 unspecified atom stereocenters. The fourth-order valence-electron chi connectivity index (χ4n) is 0.668. The summed E-state index contributed by atoms with van der Waals surface area (Å²) in [6.45, 7) is 0. The molecule has 0 amide bonds. The van der Waals surface area contributed by atoms with Crippen LogP contribution in [0.4, 0.5) is 0 Å². The van der Waals surface area contributed by atoms with E-state index in [1.165, 1.54) is 12.2 Å². The van der Waals surface area contributed by atoms with Crippen molar-refractivity contribution in [2.75, 3.05) is 19.8 Å². The molecule has 0 N–H and O–H groups in total. The maximum absolute atomic E-state index is 2.28. The van der Waals surface area contributed by atoms with E-state index in [1.54, 1.807) is 0 Å². The molecular weight excluding hydrogens is 138 g/mol. The van der Waals surface area contributed by atoms with Crippen LogP contribution in [-0.4, -0.2) is 30.1 Å². The topological polar surface area (TPSA) is 3.24 Å². The van der Waals surface area contributed by atoms with Crippen molar-refractivity contribution in [2.24, 2.45) is 0 Å². The molecular formula is C5H11NS2. The van der Waals surface area contributed by atoms with Gasteiger partial charge >= 0.3 is 0 Å². The third-order valence-electron chi connectivity index (χ3n) is 1.20. The summed E-state index contributed by atoms with van der Waals surface area (Å²) in [6, 6.07) is 0. The van der Waals surface area contributed by atoms with Crippen LogP contribution in [0.25, 0.3) is 0 Å². The maximum atomic E-state index is 2.28. The summed E-state index contributed by atoms with van der Waals surface area (Å²) >= 11 is 0. The van der Waals surface area contributed by atoms with Crippen LogP contribution < -0.4 is 0 Å². The largest absolute Gasteiger partial charge is 0.297 e. The van der Waals surface area contributed by atoms with Crippen LogP contribution in [0.3, 0.4) is 0 Å². The molecule has 0 aromatic carbocycles. The molecule has 8 heavy (non-hydrogen) atoms. The summed E-state index contributed by atoms with van der Waals surface area (Å²) in [6.07, 6.45) is 1.35. The van der Waals surface area contributed by atoms with Gasteiger partial charge in [-0.1, -0.05) is 21.6 Å². The molecule has 1 heterocycles. The van der Waals surface area contributed by atoms with Crippen LogP contribution in [0, 0.1) is 0 Å². The Kier molecular flexibility index (Phi) is 2.53. The second-order valence-electron chi connectivity index (χ2n) is 2.13. The fraction of sp³-hybridized carbons (Fsp3) is 1.00. The van der Waals surface area contributed by atoms with Crippen LogP contribution in [0.2, 0.25) is 0 Å². The van der Waals surface area contributed by atoms with Crippen LogP contribution in [0.15, 0.2) is 0 Å². The Morgan fingerprint density at radius 1 is 1.50 bits per heavy atom. The van der Waals surface area contributed by atoms with Crippen molar-refractivity contribution < 1.29 is 0 Å². The van der Waals surface area contributed by atoms with E-state index in [0.29, 0.717) is 0 Å². The first-order valence-electron chi connectivity index (χ1n) is 2.75. The molecule has 1 aliphatic rings. The minimum Gasteiger partial charge on any atom is -0.297 e. The van der Waals surface area contributed by atoms with Gasteiger partial charge in [0, 0.05) is 5.75 Å². The molecule has 1 atom stereocenters. The highest BCUT2D eigenvalue weighted by molar-refractivity contribution is 8.77. The van der Waals surface area contributed by atoms with Crippen LogP contribution in [-0.2, 0) is 0 Å². The van der Waals surface area contributed by atoms with Gasteiger partial charge in [0.05, 0.1) is 5.37 Å². The van der Waals surface area contributed by atoms with Gasteiger partial charge in [-0.2, -0.15) is 0 Å². The number of hydrogen-bond donors (Lipinski definition) is 0. The molecule has 1 saturated heterocycles. The summed E-state index contributed by atoms with van der Waals surface area (Å²) in [4.78, 5) is 2.28. The average Bonchev–Trinajstić information content (AvgIpc) is 2.12. The van der Waals surface area contributed by atoms with Gasteiger partial charge in [-0.3, -0.25) is 4.90 Å². The Balaban J connectivity index is 2.24. The highest BCUT2D eigenvalue weighted by atomic mass is 33.1. The molecule has 0 bridgehead atoms. The van der Waals surface area contributed by atoms with E-state index in [9.17, 15) is 0 Å². The Bertz CT molecular complexity index is 68.8. The quantitative estimate of drug-likeness (QED) is 0.522. The van der Waals surface area contributed by atoms with Crippen molar-refractivity contribution in [3.63, 3.8) is 0 Å². The predicted octanol–water partition coefficient (Wildman–Crippen LogP) is 1.66. The van der Waals surface area contributed by atoms with Crippen molar-refractivity contribution in [3.8, 4) is 0 Å². The lowest BCUT2D eigenvalue weighted by atomic mass is 10.4. The Morgan fingerprint density at radius 3 is 2.50 bits per heavy atom. The van der Waals surface area contributed by atoms with Gasteiger partial charge in [0.2, 0.25) is 0 Å². The molecule has 0 aliphatic carbocycles. The SMILES string of the molecule is CN(C)C1CCSS1. The third kappa shape index (κ3) is 1.57. The Morgan fingerprint density at radius 2 is 2.25 bits per heavy atom. The molecule has 0 saturated carbocycles. The first-order chi connectivity index (χ1) is 3.80. The Labute approximate surface area is 58.6 Å². The van der Waals surface area contributed by atoms with Gasteiger partial charge in [-0.15, -0.1) is 0 Å². The zero-order chi connectivity index (χ0) is 5.98. The van der Waals surface area contributed by atoms with E-state index in [2.05, 4.69) is 19.0 Å². The normalized spacial score (nSPS) is 29.6. The summed E-state index contributed by atoms with van der Waals surface area (Å²) in [5.41, 5.74) is 0. The molecule has 48 valence electrons. The lowest BCUT2D eigenvalue weighted by Gasteiger charge is -2.15.